The topological polar surface area (TPSA) is 68.0 Å². The Morgan fingerprint density at radius 2 is 2.07 bits per heavy atom. The molecule has 1 atom stereocenters. The highest BCUT2D eigenvalue weighted by Crippen LogP contribution is 2.23. The van der Waals surface area contributed by atoms with Gasteiger partial charge in [-0.3, -0.25) is 4.79 Å². The number of aryl methyl sites for hydroxylation is 2. The normalized spacial score (nSPS) is 12.9. The van der Waals surface area contributed by atoms with Gasteiger partial charge in [0.2, 0.25) is 5.91 Å². The average Bonchev–Trinajstić information content (AvgIpc) is 2.43. The molecule has 3 N–H and O–H groups in total. The standard InChI is InChI=1S/C10H17N3OS/c1-5(2)8(11)9(14)13-10-6(3)12-7(4)15-10/h5,8H,11H2,1-4H3,(H,13,14)/t8-/m1/s1. The quantitative estimate of drug-likeness (QED) is 0.825. The van der Waals surface area contributed by atoms with Gasteiger partial charge in [-0.05, 0) is 19.8 Å². The lowest BCUT2D eigenvalue weighted by atomic mass is 10.1. The van der Waals surface area contributed by atoms with Gasteiger partial charge in [-0.2, -0.15) is 0 Å². The Bertz CT molecular complexity index is 360. The van der Waals surface area contributed by atoms with Gasteiger partial charge in [0.15, 0.2) is 0 Å². The molecule has 0 radical (unpaired) electrons. The van der Waals surface area contributed by atoms with Crippen LogP contribution in [0.2, 0.25) is 0 Å². The van der Waals surface area contributed by atoms with Gasteiger partial charge in [-0.1, -0.05) is 13.8 Å². The fraction of sp³-hybridized carbons (Fsp3) is 0.600. The molecule has 84 valence electrons. The first-order chi connectivity index (χ1) is 6.91. The number of carbonyl (C=O) groups is 1. The van der Waals surface area contributed by atoms with Crippen LogP contribution in [0.1, 0.15) is 24.5 Å². The van der Waals surface area contributed by atoms with E-state index >= 15 is 0 Å². The van der Waals surface area contributed by atoms with Crippen LogP contribution in [0.3, 0.4) is 0 Å². The second-order valence-electron chi connectivity index (χ2n) is 3.91. The van der Waals surface area contributed by atoms with Gasteiger partial charge in [0.05, 0.1) is 16.7 Å². The number of anilines is 1. The molecule has 0 aliphatic rings. The van der Waals surface area contributed by atoms with Gasteiger partial charge in [0.1, 0.15) is 5.00 Å². The number of amides is 1. The van der Waals surface area contributed by atoms with Crippen LogP contribution in [0.4, 0.5) is 5.00 Å². The van der Waals surface area contributed by atoms with E-state index in [4.69, 9.17) is 5.73 Å². The molecular formula is C10H17N3OS. The zero-order chi connectivity index (χ0) is 11.6. The predicted octanol–water partition coefficient (Wildman–Crippen LogP) is 1.68. The molecule has 0 saturated heterocycles. The zero-order valence-electron chi connectivity index (χ0n) is 9.50. The zero-order valence-corrected chi connectivity index (χ0v) is 10.3. The van der Waals surface area contributed by atoms with Crippen LogP contribution >= 0.6 is 11.3 Å². The highest BCUT2D eigenvalue weighted by molar-refractivity contribution is 7.16. The second-order valence-corrected chi connectivity index (χ2v) is 5.11. The van der Waals surface area contributed by atoms with E-state index in [1.54, 1.807) is 0 Å². The largest absolute Gasteiger partial charge is 0.320 e. The van der Waals surface area contributed by atoms with E-state index < -0.39 is 6.04 Å². The van der Waals surface area contributed by atoms with E-state index in [9.17, 15) is 4.79 Å². The Morgan fingerprint density at radius 3 is 2.47 bits per heavy atom. The van der Waals surface area contributed by atoms with Crippen LogP contribution in [0.15, 0.2) is 0 Å². The van der Waals surface area contributed by atoms with Crippen molar-refractivity contribution < 1.29 is 4.79 Å². The molecule has 0 bridgehead atoms. The molecule has 1 rings (SSSR count). The molecular weight excluding hydrogens is 210 g/mol. The van der Waals surface area contributed by atoms with Gasteiger partial charge in [-0.15, -0.1) is 11.3 Å². The van der Waals surface area contributed by atoms with E-state index in [0.717, 1.165) is 15.7 Å². The van der Waals surface area contributed by atoms with Crippen molar-refractivity contribution in [3.05, 3.63) is 10.7 Å². The van der Waals surface area contributed by atoms with Gasteiger partial charge in [0, 0.05) is 0 Å². The summed E-state index contributed by atoms with van der Waals surface area (Å²) in [4.78, 5) is 15.9. The number of thiazole rings is 1. The summed E-state index contributed by atoms with van der Waals surface area (Å²) in [5.74, 6) is -0.00363. The third-order valence-electron chi connectivity index (χ3n) is 2.16. The number of nitrogens with one attached hydrogen (secondary N) is 1. The SMILES string of the molecule is Cc1nc(C)c(NC(=O)[C@H](N)C(C)C)s1. The number of aromatic nitrogens is 1. The lowest BCUT2D eigenvalue weighted by molar-refractivity contribution is -0.118. The van der Waals surface area contributed by atoms with Gasteiger partial charge in [-0.25, -0.2) is 4.98 Å². The van der Waals surface area contributed by atoms with E-state index in [1.807, 2.05) is 27.7 Å². The lowest BCUT2D eigenvalue weighted by Crippen LogP contribution is -2.39. The van der Waals surface area contributed by atoms with E-state index in [-0.39, 0.29) is 11.8 Å². The fourth-order valence-corrected chi connectivity index (χ4v) is 1.97. The molecule has 0 aliphatic heterocycles. The van der Waals surface area contributed by atoms with Crippen LogP contribution in [0.5, 0.6) is 0 Å². The maximum Gasteiger partial charge on any atom is 0.242 e. The molecule has 0 saturated carbocycles. The van der Waals surface area contributed by atoms with Gasteiger partial charge in [0.25, 0.3) is 0 Å². The van der Waals surface area contributed by atoms with Crippen molar-refractivity contribution >= 4 is 22.2 Å². The Kier molecular flexibility index (Phi) is 3.82. The molecule has 0 unspecified atom stereocenters. The van der Waals surface area contributed by atoms with Crippen LogP contribution in [0, 0.1) is 19.8 Å². The van der Waals surface area contributed by atoms with Gasteiger partial charge < -0.3 is 11.1 Å². The molecule has 0 fully saturated rings. The minimum absolute atomic E-state index is 0.138. The van der Waals surface area contributed by atoms with E-state index in [1.165, 1.54) is 11.3 Å². The maximum atomic E-state index is 11.7. The van der Waals surface area contributed by atoms with Crippen LogP contribution in [-0.4, -0.2) is 16.9 Å². The van der Waals surface area contributed by atoms with Crippen molar-refractivity contribution in [2.75, 3.05) is 5.32 Å². The first-order valence-corrected chi connectivity index (χ1v) is 5.74. The molecule has 0 aromatic carbocycles. The van der Waals surface area contributed by atoms with Crippen LogP contribution < -0.4 is 11.1 Å². The van der Waals surface area contributed by atoms with Crippen LogP contribution in [0.25, 0.3) is 0 Å². The molecule has 1 heterocycles. The van der Waals surface area contributed by atoms with Crippen molar-refractivity contribution in [2.45, 2.75) is 33.7 Å². The third-order valence-corrected chi connectivity index (χ3v) is 3.15. The molecule has 0 aliphatic carbocycles. The number of nitrogens with zero attached hydrogens (tertiary/aromatic N) is 1. The van der Waals surface area contributed by atoms with Crippen molar-refractivity contribution in [3.63, 3.8) is 0 Å². The number of hydrogen-bond acceptors (Lipinski definition) is 4. The average molecular weight is 227 g/mol. The predicted molar refractivity (Wildman–Crippen MR) is 63.0 cm³/mol. The summed E-state index contributed by atoms with van der Waals surface area (Å²) in [7, 11) is 0. The summed E-state index contributed by atoms with van der Waals surface area (Å²) >= 11 is 1.47. The summed E-state index contributed by atoms with van der Waals surface area (Å²) in [5.41, 5.74) is 6.59. The minimum Gasteiger partial charge on any atom is -0.320 e. The molecule has 15 heavy (non-hydrogen) atoms. The lowest BCUT2D eigenvalue weighted by Gasteiger charge is -2.14. The van der Waals surface area contributed by atoms with E-state index in [0.29, 0.717) is 0 Å². The van der Waals surface area contributed by atoms with Gasteiger partial charge >= 0.3 is 0 Å². The highest BCUT2D eigenvalue weighted by Gasteiger charge is 2.18. The van der Waals surface area contributed by atoms with Crippen molar-refractivity contribution in [3.8, 4) is 0 Å². The fourth-order valence-electron chi connectivity index (χ4n) is 1.15. The van der Waals surface area contributed by atoms with Crippen molar-refractivity contribution in [2.24, 2.45) is 11.7 Å². The number of rotatable bonds is 3. The molecule has 4 nitrogen and oxygen atoms in total. The maximum absolute atomic E-state index is 11.7. The highest BCUT2D eigenvalue weighted by atomic mass is 32.1. The number of carbonyl (C=O) groups excluding carboxylic acids is 1. The number of hydrogen-bond donors (Lipinski definition) is 2. The second kappa shape index (κ2) is 4.72. The summed E-state index contributed by atoms with van der Waals surface area (Å²) in [6.45, 7) is 7.64. The summed E-state index contributed by atoms with van der Waals surface area (Å²) in [6, 6.07) is -0.466. The minimum atomic E-state index is -0.466. The Morgan fingerprint density at radius 1 is 1.47 bits per heavy atom. The number of nitrogens with two attached hydrogens (primary N) is 1. The molecule has 1 aromatic heterocycles. The van der Waals surface area contributed by atoms with Crippen molar-refractivity contribution in [1.82, 2.24) is 4.98 Å². The smallest absolute Gasteiger partial charge is 0.242 e. The molecule has 5 heteroatoms. The van der Waals surface area contributed by atoms with Crippen molar-refractivity contribution in [1.29, 1.82) is 0 Å². The molecule has 1 aromatic rings. The summed E-state index contributed by atoms with van der Waals surface area (Å²) in [6.07, 6.45) is 0. The first kappa shape index (κ1) is 12.1. The summed E-state index contributed by atoms with van der Waals surface area (Å²) in [5, 5.41) is 4.55. The third kappa shape index (κ3) is 3.00. The Labute approximate surface area is 93.9 Å². The van der Waals surface area contributed by atoms with E-state index in [2.05, 4.69) is 10.3 Å². The molecule has 1 amide bonds. The Hall–Kier alpha value is -0.940. The summed E-state index contributed by atoms with van der Waals surface area (Å²) < 4.78 is 0. The first-order valence-electron chi connectivity index (χ1n) is 4.92. The van der Waals surface area contributed by atoms with Crippen LogP contribution in [-0.2, 0) is 4.79 Å². The molecule has 0 spiro atoms. The Balaban J connectivity index is 2.70. The monoisotopic (exact) mass is 227 g/mol.